The maximum absolute atomic E-state index is 12.0. The summed E-state index contributed by atoms with van der Waals surface area (Å²) in [6.07, 6.45) is 1.75. The molecule has 1 N–H and O–H groups in total. The van der Waals surface area contributed by atoms with Crippen molar-refractivity contribution in [3.63, 3.8) is 0 Å². The number of nitrogens with one attached hydrogen (secondary N) is 1. The normalized spacial score (nSPS) is 10.9. The van der Waals surface area contributed by atoms with Crippen LogP contribution in [0.4, 0.5) is 5.13 Å². The van der Waals surface area contributed by atoms with E-state index in [2.05, 4.69) is 24.1 Å². The van der Waals surface area contributed by atoms with Gasteiger partial charge in [0.2, 0.25) is 0 Å². The zero-order valence-corrected chi connectivity index (χ0v) is 11.6. The second-order valence-corrected chi connectivity index (χ2v) is 5.51. The van der Waals surface area contributed by atoms with Crippen molar-refractivity contribution in [2.45, 2.75) is 13.8 Å². The van der Waals surface area contributed by atoms with E-state index in [1.54, 1.807) is 17.8 Å². The predicted molar refractivity (Wildman–Crippen MR) is 76.1 cm³/mol. The van der Waals surface area contributed by atoms with Gasteiger partial charge in [-0.05, 0) is 18.1 Å². The summed E-state index contributed by atoms with van der Waals surface area (Å²) in [5, 5.41) is 6.05. The van der Waals surface area contributed by atoms with E-state index in [0.29, 0.717) is 11.5 Å². The Balaban J connectivity index is 2.24. The Labute approximate surface area is 110 Å². The van der Waals surface area contributed by atoms with Crippen LogP contribution < -0.4 is 10.9 Å². The van der Waals surface area contributed by atoms with Crippen LogP contribution in [0.1, 0.15) is 13.8 Å². The molecule has 18 heavy (non-hydrogen) atoms. The summed E-state index contributed by atoms with van der Waals surface area (Å²) in [7, 11) is 1.75. The van der Waals surface area contributed by atoms with Gasteiger partial charge in [-0.3, -0.25) is 4.79 Å². The molecular formula is C13H17N3OS. The van der Waals surface area contributed by atoms with Crippen LogP contribution in [0.25, 0.3) is 11.3 Å². The van der Waals surface area contributed by atoms with Gasteiger partial charge in [0, 0.05) is 25.2 Å². The fourth-order valence-electron chi connectivity index (χ4n) is 1.56. The number of nitrogens with zero attached hydrogens (tertiary/aromatic N) is 2. The van der Waals surface area contributed by atoms with Crippen molar-refractivity contribution in [3.8, 4) is 11.3 Å². The number of aryl methyl sites for hydroxylation is 1. The molecule has 0 radical (unpaired) electrons. The minimum absolute atomic E-state index is 0.0155. The zero-order valence-electron chi connectivity index (χ0n) is 10.8. The van der Waals surface area contributed by atoms with Crippen LogP contribution in [0.3, 0.4) is 0 Å². The fourth-order valence-corrected chi connectivity index (χ4v) is 2.28. The van der Waals surface area contributed by atoms with Gasteiger partial charge < -0.3 is 9.88 Å². The van der Waals surface area contributed by atoms with Gasteiger partial charge in [0.05, 0.1) is 11.3 Å². The summed E-state index contributed by atoms with van der Waals surface area (Å²) >= 11 is 1.53. The molecule has 0 aliphatic heterocycles. The lowest BCUT2D eigenvalue weighted by molar-refractivity contribution is 0.688. The van der Waals surface area contributed by atoms with Crippen molar-refractivity contribution in [3.05, 3.63) is 34.1 Å². The Kier molecular flexibility index (Phi) is 3.81. The maximum Gasteiger partial charge on any atom is 0.259 e. The second kappa shape index (κ2) is 5.35. The highest BCUT2D eigenvalue weighted by atomic mass is 32.1. The lowest BCUT2D eigenvalue weighted by atomic mass is 10.2. The third-order valence-electron chi connectivity index (χ3n) is 2.56. The molecule has 0 aliphatic rings. The molecule has 2 aromatic rings. The van der Waals surface area contributed by atoms with E-state index in [1.807, 2.05) is 17.5 Å². The first-order chi connectivity index (χ1) is 8.58. The number of hydrogen-bond donors (Lipinski definition) is 1. The first-order valence-corrected chi connectivity index (χ1v) is 6.81. The lowest BCUT2D eigenvalue weighted by Crippen LogP contribution is -2.17. The second-order valence-electron chi connectivity index (χ2n) is 4.65. The molecule has 0 aromatic carbocycles. The van der Waals surface area contributed by atoms with Crippen molar-refractivity contribution < 1.29 is 0 Å². The van der Waals surface area contributed by atoms with Crippen LogP contribution >= 0.6 is 11.3 Å². The lowest BCUT2D eigenvalue weighted by Gasteiger charge is -2.04. The number of hydrogen-bond acceptors (Lipinski definition) is 4. The summed E-state index contributed by atoms with van der Waals surface area (Å²) < 4.78 is 1.57. The van der Waals surface area contributed by atoms with Gasteiger partial charge in [0.1, 0.15) is 0 Å². The highest BCUT2D eigenvalue weighted by Gasteiger charge is 2.08. The molecule has 0 atom stereocenters. The van der Waals surface area contributed by atoms with E-state index < -0.39 is 0 Å². The van der Waals surface area contributed by atoms with Crippen molar-refractivity contribution in [1.29, 1.82) is 0 Å². The number of anilines is 1. The molecule has 2 rings (SSSR count). The van der Waals surface area contributed by atoms with Gasteiger partial charge in [0.25, 0.3) is 5.56 Å². The molecular weight excluding hydrogens is 246 g/mol. The Bertz CT molecular complexity index is 586. The smallest absolute Gasteiger partial charge is 0.259 e. The van der Waals surface area contributed by atoms with E-state index in [9.17, 15) is 4.79 Å². The van der Waals surface area contributed by atoms with E-state index in [0.717, 1.165) is 17.4 Å². The molecule has 0 bridgehead atoms. The Morgan fingerprint density at radius 3 is 3.00 bits per heavy atom. The van der Waals surface area contributed by atoms with Crippen molar-refractivity contribution in [2.24, 2.45) is 13.0 Å². The minimum Gasteiger partial charge on any atom is -0.361 e. The Hall–Kier alpha value is -1.62. The van der Waals surface area contributed by atoms with Gasteiger partial charge in [-0.2, -0.15) is 0 Å². The van der Waals surface area contributed by atoms with Crippen LogP contribution in [0.2, 0.25) is 0 Å². The summed E-state index contributed by atoms with van der Waals surface area (Å²) in [5.41, 5.74) is 1.37. The first kappa shape index (κ1) is 12.8. The molecule has 0 spiro atoms. The predicted octanol–water partition coefficient (Wildman–Crippen LogP) is 2.58. The Morgan fingerprint density at radius 1 is 1.50 bits per heavy atom. The highest BCUT2D eigenvalue weighted by molar-refractivity contribution is 7.14. The van der Waals surface area contributed by atoms with E-state index in [1.165, 1.54) is 11.3 Å². The SMILES string of the molecule is CC(C)CNc1nc(-c2cccn(C)c2=O)cs1. The first-order valence-electron chi connectivity index (χ1n) is 5.93. The topological polar surface area (TPSA) is 46.9 Å². The van der Waals surface area contributed by atoms with Gasteiger partial charge in [-0.1, -0.05) is 13.8 Å². The van der Waals surface area contributed by atoms with Crippen LogP contribution in [0.5, 0.6) is 0 Å². The molecule has 0 aliphatic carbocycles. The van der Waals surface area contributed by atoms with Gasteiger partial charge in [-0.15, -0.1) is 11.3 Å². The molecule has 0 amide bonds. The number of aromatic nitrogens is 2. The summed E-state index contributed by atoms with van der Waals surface area (Å²) in [6.45, 7) is 5.18. The minimum atomic E-state index is -0.0155. The van der Waals surface area contributed by atoms with Crippen LogP contribution in [0.15, 0.2) is 28.5 Å². The fraction of sp³-hybridized carbons (Fsp3) is 0.385. The third-order valence-corrected chi connectivity index (χ3v) is 3.36. The monoisotopic (exact) mass is 263 g/mol. The number of thiazole rings is 1. The summed E-state index contributed by atoms with van der Waals surface area (Å²) in [6, 6.07) is 3.67. The van der Waals surface area contributed by atoms with E-state index >= 15 is 0 Å². The van der Waals surface area contributed by atoms with Crippen molar-refractivity contribution >= 4 is 16.5 Å². The third kappa shape index (κ3) is 2.79. The molecule has 5 heteroatoms. The molecule has 0 fully saturated rings. The Morgan fingerprint density at radius 2 is 2.28 bits per heavy atom. The van der Waals surface area contributed by atoms with Gasteiger partial charge >= 0.3 is 0 Å². The average Bonchev–Trinajstić information content (AvgIpc) is 2.78. The van der Waals surface area contributed by atoms with Crippen LogP contribution in [-0.4, -0.2) is 16.1 Å². The standard InChI is InChI=1S/C13H17N3OS/c1-9(2)7-14-13-15-11(8-18-13)10-5-4-6-16(3)12(10)17/h4-6,8-9H,7H2,1-3H3,(H,14,15). The molecule has 0 saturated heterocycles. The molecule has 0 unspecified atom stereocenters. The van der Waals surface area contributed by atoms with Gasteiger partial charge in [-0.25, -0.2) is 4.98 Å². The zero-order chi connectivity index (χ0) is 13.1. The number of pyridine rings is 1. The summed E-state index contributed by atoms with van der Waals surface area (Å²) in [4.78, 5) is 16.4. The molecule has 0 saturated carbocycles. The van der Waals surface area contributed by atoms with E-state index in [4.69, 9.17) is 0 Å². The van der Waals surface area contributed by atoms with Gasteiger partial charge in [0.15, 0.2) is 5.13 Å². The largest absolute Gasteiger partial charge is 0.361 e. The van der Waals surface area contributed by atoms with Crippen molar-refractivity contribution in [2.75, 3.05) is 11.9 Å². The van der Waals surface area contributed by atoms with E-state index in [-0.39, 0.29) is 5.56 Å². The molecule has 96 valence electrons. The molecule has 4 nitrogen and oxygen atoms in total. The average molecular weight is 263 g/mol. The molecule has 2 heterocycles. The number of rotatable bonds is 4. The highest BCUT2D eigenvalue weighted by Crippen LogP contribution is 2.22. The van der Waals surface area contributed by atoms with Crippen LogP contribution in [-0.2, 0) is 7.05 Å². The van der Waals surface area contributed by atoms with Crippen LogP contribution in [0, 0.1) is 5.92 Å². The van der Waals surface area contributed by atoms with Crippen molar-refractivity contribution in [1.82, 2.24) is 9.55 Å². The molecule has 2 aromatic heterocycles. The maximum atomic E-state index is 12.0. The summed E-state index contributed by atoms with van der Waals surface area (Å²) in [5.74, 6) is 0.571. The quantitative estimate of drug-likeness (QED) is 0.922.